The summed E-state index contributed by atoms with van der Waals surface area (Å²) in [4.78, 5) is 0. The quantitative estimate of drug-likeness (QED) is 0.430. The van der Waals surface area contributed by atoms with Crippen molar-refractivity contribution in [2.75, 3.05) is 0 Å². The van der Waals surface area contributed by atoms with Crippen molar-refractivity contribution >= 4 is 46.1 Å². The van der Waals surface area contributed by atoms with E-state index < -0.39 is 0 Å². The average Bonchev–Trinajstić information content (AvgIpc) is 2.67. The Balaban J connectivity index is 0. The van der Waals surface area contributed by atoms with Gasteiger partial charge >= 0.3 is 0 Å². The highest BCUT2D eigenvalue weighted by Gasteiger charge is 1.96. The molecule has 0 aliphatic heterocycles. The molecule has 0 unspecified atom stereocenters. The summed E-state index contributed by atoms with van der Waals surface area (Å²) in [7, 11) is 1.44. The topological polar surface area (TPSA) is 13.1 Å². The van der Waals surface area contributed by atoms with Crippen LogP contribution in [-0.4, -0.2) is 0 Å². The minimum Gasteiger partial charge on any atom is -0.455 e. The third-order valence-electron chi connectivity index (χ3n) is 0.820. The van der Waals surface area contributed by atoms with Crippen LogP contribution in [0.5, 0.6) is 0 Å². The lowest BCUT2D eigenvalue weighted by Crippen LogP contribution is -1.63. The molecule has 0 atom stereocenters. The van der Waals surface area contributed by atoms with Crippen molar-refractivity contribution < 1.29 is 4.42 Å². The van der Waals surface area contributed by atoms with Crippen LogP contribution in [0.3, 0.4) is 0 Å². The normalized spacial score (nSPS) is 7.00. The van der Waals surface area contributed by atoms with Crippen LogP contribution in [0.15, 0.2) is 21.2 Å². The molecule has 0 spiro atoms. The van der Waals surface area contributed by atoms with Gasteiger partial charge in [0.1, 0.15) is 0 Å². The van der Waals surface area contributed by atoms with E-state index in [0.29, 0.717) is 5.76 Å². The molecule has 0 fully saturated rings. The molecular formula is C10H14BrIOS. The van der Waals surface area contributed by atoms with E-state index in [1.54, 1.807) is 6.26 Å². The van der Waals surface area contributed by atoms with E-state index in [4.69, 9.17) is 4.42 Å². The Labute approximate surface area is 111 Å². The molecule has 1 heterocycles. The molecule has 0 aliphatic rings. The lowest BCUT2D eigenvalue weighted by atomic mass is 10.5. The standard InChI is InChI=1S/C6H2BrIOS.2C2H6/c7-5-1-3-9-6(5)2-4-10-8;2*1-2/h1,3H;2*1-2H3. The molecule has 14 heavy (non-hydrogen) atoms. The zero-order valence-electron chi connectivity index (χ0n) is 8.73. The van der Waals surface area contributed by atoms with E-state index >= 15 is 0 Å². The Bertz CT molecular complexity index is 275. The van der Waals surface area contributed by atoms with Crippen molar-refractivity contribution in [2.45, 2.75) is 27.7 Å². The van der Waals surface area contributed by atoms with Crippen molar-refractivity contribution in [3.63, 3.8) is 0 Å². The molecule has 1 nitrogen and oxygen atoms in total. The second-order valence-corrected chi connectivity index (χ2v) is 3.94. The maximum atomic E-state index is 5.03. The predicted molar refractivity (Wildman–Crippen MR) is 77.6 cm³/mol. The highest BCUT2D eigenvalue weighted by atomic mass is 127. The summed E-state index contributed by atoms with van der Waals surface area (Å²) in [6.45, 7) is 8.00. The first-order chi connectivity index (χ1) is 6.84. The van der Waals surface area contributed by atoms with Gasteiger partial charge in [-0.15, -0.1) is 0 Å². The van der Waals surface area contributed by atoms with Crippen LogP contribution in [0.25, 0.3) is 0 Å². The van der Waals surface area contributed by atoms with Crippen LogP contribution in [0.1, 0.15) is 33.5 Å². The summed E-state index contributed by atoms with van der Waals surface area (Å²) in [5.74, 6) is 3.52. The number of hydrogen-bond donors (Lipinski definition) is 0. The minimum absolute atomic E-state index is 0.684. The first kappa shape index (κ1) is 16.8. The summed E-state index contributed by atoms with van der Waals surface area (Å²) < 4.78 is 5.94. The molecule has 0 aliphatic carbocycles. The summed E-state index contributed by atoms with van der Waals surface area (Å²) in [5.41, 5.74) is 0. The predicted octanol–water partition coefficient (Wildman–Crippen LogP) is 5.49. The van der Waals surface area contributed by atoms with Gasteiger partial charge in [0.2, 0.25) is 0 Å². The molecule has 1 aromatic heterocycles. The van der Waals surface area contributed by atoms with Crippen LogP contribution in [0, 0.1) is 11.2 Å². The molecule has 0 bridgehead atoms. The number of halogens is 2. The maximum absolute atomic E-state index is 5.03. The summed E-state index contributed by atoms with van der Waals surface area (Å²) >= 11 is 5.40. The monoisotopic (exact) mass is 388 g/mol. The molecule has 0 N–H and O–H groups in total. The molecular weight excluding hydrogens is 375 g/mol. The van der Waals surface area contributed by atoms with Gasteiger partial charge in [-0.1, -0.05) is 27.7 Å². The Morgan fingerprint density at radius 1 is 1.36 bits per heavy atom. The molecule has 1 rings (SSSR count). The maximum Gasteiger partial charge on any atom is 0.191 e. The molecule has 0 saturated carbocycles. The molecule has 0 radical (unpaired) electrons. The van der Waals surface area contributed by atoms with Crippen LogP contribution in [-0.2, 0) is 0 Å². The van der Waals surface area contributed by atoms with Gasteiger partial charge in [-0.2, -0.15) is 0 Å². The second kappa shape index (κ2) is 13.4. The molecule has 80 valence electrons. The number of furan rings is 1. The van der Waals surface area contributed by atoms with E-state index in [0.717, 1.165) is 4.47 Å². The molecule has 0 saturated heterocycles. The van der Waals surface area contributed by atoms with Crippen molar-refractivity contribution in [3.05, 3.63) is 22.6 Å². The first-order valence-corrected chi connectivity index (χ1v) is 8.51. The van der Waals surface area contributed by atoms with Gasteiger partial charge in [0, 0.05) is 21.2 Å². The number of rotatable bonds is 0. The van der Waals surface area contributed by atoms with Crippen molar-refractivity contribution in [1.29, 1.82) is 0 Å². The molecule has 4 heteroatoms. The highest BCUT2D eigenvalue weighted by molar-refractivity contribution is 14.2. The molecule has 0 amide bonds. The Morgan fingerprint density at radius 2 is 1.93 bits per heavy atom. The van der Waals surface area contributed by atoms with Gasteiger partial charge in [0.15, 0.2) is 5.76 Å². The minimum atomic E-state index is 0.684. The molecule has 0 aromatic carbocycles. The lowest BCUT2D eigenvalue weighted by Gasteiger charge is -1.78. The fraction of sp³-hybridized carbons (Fsp3) is 0.400. The van der Waals surface area contributed by atoms with E-state index in [1.165, 1.54) is 8.93 Å². The van der Waals surface area contributed by atoms with Crippen LogP contribution < -0.4 is 0 Å². The Hall–Kier alpha value is 0.400. The smallest absolute Gasteiger partial charge is 0.191 e. The van der Waals surface area contributed by atoms with Gasteiger partial charge in [0.05, 0.1) is 10.7 Å². The average molecular weight is 389 g/mol. The second-order valence-electron chi connectivity index (χ2n) is 1.40. The van der Waals surface area contributed by atoms with Gasteiger partial charge in [-0.25, -0.2) is 0 Å². The van der Waals surface area contributed by atoms with E-state index in [-0.39, 0.29) is 0 Å². The SMILES string of the molecule is Brc1ccoc1C#CSI.CC.CC. The lowest BCUT2D eigenvalue weighted by molar-refractivity contribution is 0.553. The molecule has 1 aromatic rings. The summed E-state index contributed by atoms with van der Waals surface area (Å²) in [6.07, 6.45) is 1.60. The third-order valence-corrected chi connectivity index (χ3v) is 2.28. The largest absolute Gasteiger partial charge is 0.455 e. The van der Waals surface area contributed by atoms with Gasteiger partial charge in [-0.05, 0) is 42.1 Å². The van der Waals surface area contributed by atoms with Crippen molar-refractivity contribution in [3.8, 4) is 11.2 Å². The number of hydrogen-bond acceptors (Lipinski definition) is 2. The van der Waals surface area contributed by atoms with Crippen LogP contribution >= 0.6 is 46.1 Å². The van der Waals surface area contributed by atoms with Gasteiger partial charge in [0.25, 0.3) is 0 Å². The fourth-order valence-corrected chi connectivity index (χ4v) is 1.21. The van der Waals surface area contributed by atoms with Crippen molar-refractivity contribution in [1.82, 2.24) is 0 Å². The third kappa shape index (κ3) is 7.77. The fourth-order valence-electron chi connectivity index (χ4n) is 0.449. The zero-order chi connectivity index (χ0) is 11.4. The van der Waals surface area contributed by atoms with E-state index in [2.05, 4.69) is 48.3 Å². The zero-order valence-corrected chi connectivity index (χ0v) is 13.3. The Kier molecular flexibility index (Phi) is 16.1. The summed E-state index contributed by atoms with van der Waals surface area (Å²) in [6, 6.07) is 1.82. The van der Waals surface area contributed by atoms with Crippen molar-refractivity contribution in [2.24, 2.45) is 0 Å². The van der Waals surface area contributed by atoms with E-state index in [9.17, 15) is 0 Å². The summed E-state index contributed by atoms with van der Waals surface area (Å²) in [5, 5.41) is 2.82. The Morgan fingerprint density at radius 3 is 2.29 bits per heavy atom. The highest BCUT2D eigenvalue weighted by Crippen LogP contribution is 2.17. The van der Waals surface area contributed by atoms with E-state index in [1.807, 2.05) is 33.8 Å². The van der Waals surface area contributed by atoms with Crippen LogP contribution in [0.4, 0.5) is 0 Å². The van der Waals surface area contributed by atoms with Gasteiger partial charge in [-0.3, -0.25) is 0 Å². The first-order valence-electron chi connectivity index (χ1n) is 4.36. The van der Waals surface area contributed by atoms with Crippen LogP contribution in [0.2, 0.25) is 0 Å². The van der Waals surface area contributed by atoms with Gasteiger partial charge < -0.3 is 4.42 Å².